The summed E-state index contributed by atoms with van der Waals surface area (Å²) in [5.74, 6) is 0. The fourth-order valence-corrected chi connectivity index (χ4v) is 2.11. The summed E-state index contributed by atoms with van der Waals surface area (Å²) in [5.41, 5.74) is 3.41. The van der Waals surface area contributed by atoms with E-state index in [1.54, 1.807) is 4.48 Å². The van der Waals surface area contributed by atoms with E-state index in [0.717, 1.165) is 11.0 Å². The van der Waals surface area contributed by atoms with Gasteiger partial charge in [-0.15, -0.1) is 0 Å². The molecule has 3 aromatic rings. The highest BCUT2D eigenvalue weighted by atomic mass is 14.9. The Hall–Kier alpha value is -1.70. The molecule has 0 amide bonds. The van der Waals surface area contributed by atoms with Crippen LogP contribution >= 0.6 is 0 Å². The molecular formula is C13H10BN. The minimum Gasteiger partial charge on any atom is -0.397 e. The summed E-state index contributed by atoms with van der Waals surface area (Å²) in [5, 5.41) is 2.44. The van der Waals surface area contributed by atoms with Gasteiger partial charge >= 0.3 is 0 Å². The van der Waals surface area contributed by atoms with E-state index in [1.165, 1.54) is 16.3 Å². The lowest BCUT2D eigenvalue weighted by Crippen LogP contribution is -1.89. The van der Waals surface area contributed by atoms with Crippen LogP contribution in [0.15, 0.2) is 42.5 Å². The lowest BCUT2D eigenvalue weighted by molar-refractivity contribution is 1.37. The van der Waals surface area contributed by atoms with Crippen LogP contribution in [0.3, 0.4) is 0 Å². The normalized spacial score (nSPS) is 11.3. The molecule has 2 radical (unpaired) electrons. The van der Waals surface area contributed by atoms with Crippen molar-refractivity contribution in [1.29, 1.82) is 0 Å². The number of hydrogen-bond acceptors (Lipinski definition) is 0. The molecule has 1 nitrogen and oxygen atoms in total. The Kier molecular flexibility index (Phi) is 1.66. The van der Waals surface area contributed by atoms with Crippen molar-refractivity contribution in [2.45, 2.75) is 6.92 Å². The first-order valence-corrected chi connectivity index (χ1v) is 5.02. The van der Waals surface area contributed by atoms with Crippen LogP contribution in [0.2, 0.25) is 0 Å². The number of para-hydroxylation sites is 1. The molecule has 0 unspecified atom stereocenters. The predicted octanol–water partition coefficient (Wildman–Crippen LogP) is 3.03. The average Bonchev–Trinajstić information content (AvgIpc) is 2.54. The quantitative estimate of drug-likeness (QED) is 0.481. The average molecular weight is 191 g/mol. The number of aryl methyl sites for hydroxylation is 1. The second kappa shape index (κ2) is 2.90. The van der Waals surface area contributed by atoms with Crippen LogP contribution in [0.4, 0.5) is 0 Å². The van der Waals surface area contributed by atoms with E-state index in [1.807, 2.05) is 18.2 Å². The molecule has 2 aromatic carbocycles. The molecule has 0 aliphatic rings. The molecule has 0 saturated carbocycles. The Bertz CT molecular complexity index is 652. The minimum absolute atomic E-state index is 1.08. The topological polar surface area (TPSA) is 4.93 Å². The van der Waals surface area contributed by atoms with Gasteiger partial charge in [-0.3, -0.25) is 0 Å². The summed E-state index contributed by atoms with van der Waals surface area (Å²) in [4.78, 5) is 0. The highest BCUT2D eigenvalue weighted by Gasteiger charge is 2.05. The third-order valence-electron chi connectivity index (χ3n) is 2.87. The Labute approximate surface area is 89.8 Å². The standard InChI is InChI=1S/C13H10BN/c1-9-6-7-11-10-4-2-3-5-12(10)15(14)13(11)8-9/h2-8H,1H3. The van der Waals surface area contributed by atoms with Gasteiger partial charge in [0.15, 0.2) is 0 Å². The van der Waals surface area contributed by atoms with Crippen molar-refractivity contribution in [3.8, 4) is 0 Å². The Morgan fingerprint density at radius 2 is 1.67 bits per heavy atom. The summed E-state index contributed by atoms with van der Waals surface area (Å²) in [6.45, 7) is 2.08. The molecule has 3 rings (SSSR count). The van der Waals surface area contributed by atoms with Gasteiger partial charge in [-0.1, -0.05) is 30.3 Å². The maximum absolute atomic E-state index is 6.06. The minimum atomic E-state index is 1.08. The number of benzene rings is 2. The first-order valence-electron chi connectivity index (χ1n) is 5.02. The summed E-state index contributed by atoms with van der Waals surface area (Å²) in [6.07, 6.45) is 0. The predicted molar refractivity (Wildman–Crippen MR) is 65.3 cm³/mol. The van der Waals surface area contributed by atoms with Crippen LogP contribution in [0, 0.1) is 6.92 Å². The van der Waals surface area contributed by atoms with Crippen molar-refractivity contribution >= 4 is 29.8 Å². The third kappa shape index (κ3) is 1.11. The third-order valence-corrected chi connectivity index (χ3v) is 2.87. The van der Waals surface area contributed by atoms with Crippen molar-refractivity contribution in [3.05, 3.63) is 48.0 Å². The summed E-state index contributed by atoms with van der Waals surface area (Å²) < 4.78 is 1.76. The first-order chi connectivity index (χ1) is 7.27. The van der Waals surface area contributed by atoms with Crippen molar-refractivity contribution in [1.82, 2.24) is 4.48 Å². The highest BCUT2D eigenvalue weighted by molar-refractivity contribution is 6.21. The lowest BCUT2D eigenvalue weighted by Gasteiger charge is -1.98. The molecule has 0 bridgehead atoms. The molecule has 1 aromatic heterocycles. The van der Waals surface area contributed by atoms with Gasteiger partial charge in [0.05, 0.1) is 0 Å². The molecular weight excluding hydrogens is 181 g/mol. The summed E-state index contributed by atoms with van der Waals surface area (Å²) in [7, 11) is 6.06. The maximum Gasteiger partial charge on any atom is 0.234 e. The first kappa shape index (κ1) is 8.60. The van der Waals surface area contributed by atoms with Crippen molar-refractivity contribution in [2.24, 2.45) is 0 Å². The van der Waals surface area contributed by atoms with Crippen molar-refractivity contribution in [3.63, 3.8) is 0 Å². The van der Waals surface area contributed by atoms with E-state index in [-0.39, 0.29) is 0 Å². The number of nitrogens with zero attached hydrogens (tertiary/aromatic N) is 1. The van der Waals surface area contributed by atoms with Crippen molar-refractivity contribution in [2.75, 3.05) is 0 Å². The monoisotopic (exact) mass is 191 g/mol. The SMILES string of the molecule is [B]n1c2ccccc2c2ccc(C)cc21. The fourth-order valence-electron chi connectivity index (χ4n) is 2.11. The Morgan fingerprint density at radius 1 is 0.933 bits per heavy atom. The van der Waals surface area contributed by atoms with Gasteiger partial charge in [0.2, 0.25) is 7.98 Å². The van der Waals surface area contributed by atoms with Gasteiger partial charge in [0, 0.05) is 21.8 Å². The zero-order chi connectivity index (χ0) is 10.4. The van der Waals surface area contributed by atoms with Gasteiger partial charge in [0.1, 0.15) is 0 Å². The van der Waals surface area contributed by atoms with Crippen LogP contribution in [-0.4, -0.2) is 12.5 Å². The molecule has 70 valence electrons. The van der Waals surface area contributed by atoms with E-state index >= 15 is 0 Å². The number of aromatic nitrogens is 1. The smallest absolute Gasteiger partial charge is 0.234 e. The summed E-state index contributed by atoms with van der Waals surface area (Å²) in [6, 6.07) is 14.6. The Balaban J connectivity index is 2.63. The van der Waals surface area contributed by atoms with Gasteiger partial charge in [-0.2, -0.15) is 0 Å². The second-order valence-corrected chi connectivity index (χ2v) is 3.91. The molecule has 0 spiro atoms. The zero-order valence-corrected chi connectivity index (χ0v) is 8.57. The van der Waals surface area contributed by atoms with Gasteiger partial charge in [0.25, 0.3) is 0 Å². The van der Waals surface area contributed by atoms with E-state index in [2.05, 4.69) is 31.2 Å². The summed E-state index contributed by atoms with van der Waals surface area (Å²) >= 11 is 0. The van der Waals surface area contributed by atoms with E-state index < -0.39 is 0 Å². The van der Waals surface area contributed by atoms with Crippen LogP contribution in [0.25, 0.3) is 21.8 Å². The van der Waals surface area contributed by atoms with Crippen LogP contribution in [0.1, 0.15) is 5.56 Å². The van der Waals surface area contributed by atoms with Crippen LogP contribution in [0.5, 0.6) is 0 Å². The maximum atomic E-state index is 6.06. The zero-order valence-electron chi connectivity index (χ0n) is 8.57. The molecule has 0 aliphatic carbocycles. The number of hydrogen-bond donors (Lipinski definition) is 0. The number of fused-ring (bicyclic) bond motifs is 3. The highest BCUT2D eigenvalue weighted by Crippen LogP contribution is 2.27. The molecule has 0 fully saturated rings. The Morgan fingerprint density at radius 3 is 2.53 bits per heavy atom. The van der Waals surface area contributed by atoms with E-state index in [0.29, 0.717) is 0 Å². The molecule has 0 atom stereocenters. The number of rotatable bonds is 0. The lowest BCUT2D eigenvalue weighted by atomic mass is 10.1. The molecule has 1 heterocycles. The molecule has 2 heteroatoms. The van der Waals surface area contributed by atoms with Gasteiger partial charge in [-0.25, -0.2) is 0 Å². The van der Waals surface area contributed by atoms with Gasteiger partial charge < -0.3 is 4.48 Å². The second-order valence-electron chi connectivity index (χ2n) is 3.91. The van der Waals surface area contributed by atoms with E-state index in [9.17, 15) is 0 Å². The van der Waals surface area contributed by atoms with Crippen molar-refractivity contribution < 1.29 is 0 Å². The van der Waals surface area contributed by atoms with Crippen LogP contribution < -0.4 is 0 Å². The van der Waals surface area contributed by atoms with E-state index in [4.69, 9.17) is 7.98 Å². The van der Waals surface area contributed by atoms with Crippen LogP contribution in [-0.2, 0) is 0 Å². The fraction of sp³-hybridized carbons (Fsp3) is 0.0769. The molecule has 0 N–H and O–H groups in total. The molecule has 0 aliphatic heterocycles. The molecule has 0 saturated heterocycles. The van der Waals surface area contributed by atoms with Gasteiger partial charge in [-0.05, 0) is 24.6 Å². The largest absolute Gasteiger partial charge is 0.397 e. The molecule has 15 heavy (non-hydrogen) atoms.